The van der Waals surface area contributed by atoms with Crippen molar-refractivity contribution in [1.82, 2.24) is 0 Å². The summed E-state index contributed by atoms with van der Waals surface area (Å²) < 4.78 is 0. The fourth-order valence-electron chi connectivity index (χ4n) is 1.63. The number of carboxylic acid groups (broad SMARTS) is 2. The SMILES string of the molecule is O=C(O)c1c(O)cc(O)cc1O.O=C(O)c1c(O)cc(O)cc1O. The second-order valence-electron chi connectivity index (χ2n) is 4.33. The standard InChI is InChI=1S/2C7H6O5/c2*8-3-1-4(9)6(7(11)12)5(10)2-3/h2*1-2,8-10H,(H,11,12). The van der Waals surface area contributed by atoms with E-state index in [1.54, 1.807) is 0 Å². The molecule has 10 heteroatoms. The van der Waals surface area contributed by atoms with Gasteiger partial charge in [0, 0.05) is 24.3 Å². The van der Waals surface area contributed by atoms with E-state index >= 15 is 0 Å². The number of phenols is 6. The number of rotatable bonds is 2. The molecule has 24 heavy (non-hydrogen) atoms. The van der Waals surface area contributed by atoms with Crippen molar-refractivity contribution < 1.29 is 50.4 Å². The zero-order chi connectivity index (χ0) is 18.6. The Hall–Kier alpha value is -3.82. The lowest BCUT2D eigenvalue weighted by Gasteiger charge is -2.02. The first-order chi connectivity index (χ1) is 11.0. The molecule has 0 aliphatic heterocycles. The number of aromatic hydroxyl groups is 6. The lowest BCUT2D eigenvalue weighted by molar-refractivity contribution is 0.0678. The van der Waals surface area contributed by atoms with Crippen LogP contribution in [0.3, 0.4) is 0 Å². The topological polar surface area (TPSA) is 196 Å². The second-order valence-corrected chi connectivity index (χ2v) is 4.33. The average molecular weight is 340 g/mol. The molecule has 0 saturated carbocycles. The number of hydrogen-bond acceptors (Lipinski definition) is 8. The van der Waals surface area contributed by atoms with E-state index in [0.29, 0.717) is 0 Å². The Labute approximate surface area is 133 Å². The van der Waals surface area contributed by atoms with E-state index in [2.05, 4.69) is 0 Å². The highest BCUT2D eigenvalue weighted by atomic mass is 16.4. The summed E-state index contributed by atoms with van der Waals surface area (Å²) in [6.07, 6.45) is 0. The monoisotopic (exact) mass is 340 g/mol. The fourth-order valence-corrected chi connectivity index (χ4v) is 1.63. The molecule has 0 spiro atoms. The Kier molecular flexibility index (Phi) is 5.29. The van der Waals surface area contributed by atoms with E-state index in [4.69, 9.17) is 40.9 Å². The maximum Gasteiger partial charge on any atom is 0.343 e. The summed E-state index contributed by atoms with van der Waals surface area (Å²) in [5.41, 5.74) is -1.24. The van der Waals surface area contributed by atoms with E-state index in [-0.39, 0.29) is 0 Å². The van der Waals surface area contributed by atoms with Crippen LogP contribution < -0.4 is 0 Å². The molecular formula is C14H12O10. The quantitative estimate of drug-likeness (QED) is 0.390. The molecule has 0 amide bonds. The average Bonchev–Trinajstić information content (AvgIpc) is 2.35. The van der Waals surface area contributed by atoms with Gasteiger partial charge in [0.2, 0.25) is 0 Å². The highest BCUT2D eigenvalue weighted by Crippen LogP contribution is 2.32. The Morgan fingerprint density at radius 2 is 0.750 bits per heavy atom. The number of carboxylic acids is 2. The molecule has 0 heterocycles. The molecule has 0 saturated heterocycles. The molecule has 128 valence electrons. The van der Waals surface area contributed by atoms with Crippen LogP contribution in [-0.2, 0) is 0 Å². The minimum absolute atomic E-state index is 0.394. The van der Waals surface area contributed by atoms with Crippen molar-refractivity contribution in [3.63, 3.8) is 0 Å². The van der Waals surface area contributed by atoms with E-state index in [1.807, 2.05) is 0 Å². The number of phenolic OH excluding ortho intramolecular Hbond substituents is 2. The Balaban J connectivity index is 0.000000240. The summed E-state index contributed by atoms with van der Waals surface area (Å²) in [4.78, 5) is 20.7. The van der Waals surface area contributed by atoms with Crippen molar-refractivity contribution in [3.8, 4) is 34.5 Å². The van der Waals surface area contributed by atoms with Crippen molar-refractivity contribution in [2.24, 2.45) is 0 Å². The van der Waals surface area contributed by atoms with Crippen molar-refractivity contribution in [2.75, 3.05) is 0 Å². The van der Waals surface area contributed by atoms with Gasteiger partial charge in [0.25, 0.3) is 0 Å². The van der Waals surface area contributed by atoms with Gasteiger partial charge in [0.1, 0.15) is 45.6 Å². The summed E-state index contributed by atoms with van der Waals surface area (Å²) in [6.45, 7) is 0. The Bertz CT molecular complexity index is 683. The lowest BCUT2D eigenvalue weighted by atomic mass is 10.1. The third-order valence-corrected chi connectivity index (χ3v) is 2.59. The largest absolute Gasteiger partial charge is 0.508 e. The van der Waals surface area contributed by atoms with Crippen LogP contribution in [0.1, 0.15) is 20.7 Å². The summed E-state index contributed by atoms with van der Waals surface area (Å²) in [7, 11) is 0. The maximum absolute atomic E-state index is 10.4. The number of benzene rings is 2. The lowest BCUT2D eigenvalue weighted by Crippen LogP contribution is -1.96. The molecule has 0 aromatic heterocycles. The van der Waals surface area contributed by atoms with Crippen LogP contribution in [-0.4, -0.2) is 52.8 Å². The number of hydrogen-bond donors (Lipinski definition) is 8. The summed E-state index contributed by atoms with van der Waals surface area (Å²) in [5, 5.41) is 70.2. The molecule has 2 aromatic carbocycles. The van der Waals surface area contributed by atoms with Crippen molar-refractivity contribution in [2.45, 2.75) is 0 Å². The molecular weight excluding hydrogens is 328 g/mol. The van der Waals surface area contributed by atoms with Crippen LogP contribution in [0.25, 0.3) is 0 Å². The van der Waals surface area contributed by atoms with Crippen molar-refractivity contribution in [1.29, 1.82) is 0 Å². The minimum Gasteiger partial charge on any atom is -0.508 e. The van der Waals surface area contributed by atoms with Crippen LogP contribution in [0.2, 0.25) is 0 Å². The normalized spacial score (nSPS) is 9.67. The van der Waals surface area contributed by atoms with Crippen LogP contribution in [0.5, 0.6) is 34.5 Å². The number of aromatic carboxylic acids is 2. The van der Waals surface area contributed by atoms with Gasteiger partial charge >= 0.3 is 11.9 Å². The maximum atomic E-state index is 10.4. The first-order valence-corrected chi connectivity index (χ1v) is 6.01. The van der Waals surface area contributed by atoms with Gasteiger partial charge in [-0.3, -0.25) is 0 Å². The van der Waals surface area contributed by atoms with E-state index in [1.165, 1.54) is 0 Å². The van der Waals surface area contributed by atoms with Gasteiger partial charge in [-0.05, 0) is 0 Å². The zero-order valence-corrected chi connectivity index (χ0v) is 11.7. The highest BCUT2D eigenvalue weighted by Gasteiger charge is 2.16. The molecule has 2 rings (SSSR count). The smallest absolute Gasteiger partial charge is 0.343 e. The molecule has 0 fully saturated rings. The summed E-state index contributed by atoms with van der Waals surface area (Å²) in [6, 6.07) is 3.35. The molecule has 0 atom stereocenters. The van der Waals surface area contributed by atoms with Gasteiger partial charge in [-0.2, -0.15) is 0 Å². The Morgan fingerprint density at radius 3 is 0.917 bits per heavy atom. The van der Waals surface area contributed by atoms with Gasteiger partial charge in [-0.1, -0.05) is 0 Å². The van der Waals surface area contributed by atoms with Gasteiger partial charge in [-0.25, -0.2) is 9.59 Å². The molecule has 10 nitrogen and oxygen atoms in total. The predicted molar refractivity (Wildman–Crippen MR) is 76.8 cm³/mol. The third-order valence-electron chi connectivity index (χ3n) is 2.59. The first kappa shape index (κ1) is 18.2. The second kappa shape index (κ2) is 6.96. The van der Waals surface area contributed by atoms with Gasteiger partial charge in [0.15, 0.2) is 0 Å². The summed E-state index contributed by atoms with van der Waals surface area (Å²) in [5.74, 6) is -6.36. The first-order valence-electron chi connectivity index (χ1n) is 6.01. The van der Waals surface area contributed by atoms with Crippen LogP contribution in [0, 0.1) is 0 Å². The minimum atomic E-state index is -1.45. The molecule has 0 radical (unpaired) electrons. The highest BCUT2D eigenvalue weighted by molar-refractivity contribution is 5.94. The molecule has 8 N–H and O–H groups in total. The molecule has 0 aliphatic rings. The van der Waals surface area contributed by atoms with E-state index in [9.17, 15) is 9.59 Å². The molecule has 0 bridgehead atoms. The van der Waals surface area contributed by atoms with Crippen molar-refractivity contribution >= 4 is 11.9 Å². The fraction of sp³-hybridized carbons (Fsp3) is 0. The molecule has 2 aromatic rings. The van der Waals surface area contributed by atoms with Crippen molar-refractivity contribution in [3.05, 3.63) is 35.4 Å². The van der Waals surface area contributed by atoms with Crippen LogP contribution in [0.4, 0.5) is 0 Å². The van der Waals surface area contributed by atoms with Gasteiger partial charge < -0.3 is 40.9 Å². The van der Waals surface area contributed by atoms with Gasteiger partial charge in [-0.15, -0.1) is 0 Å². The third kappa shape index (κ3) is 4.10. The van der Waals surface area contributed by atoms with Crippen LogP contribution >= 0.6 is 0 Å². The summed E-state index contributed by atoms with van der Waals surface area (Å²) >= 11 is 0. The zero-order valence-electron chi connectivity index (χ0n) is 11.7. The van der Waals surface area contributed by atoms with Crippen LogP contribution in [0.15, 0.2) is 24.3 Å². The molecule has 0 aliphatic carbocycles. The van der Waals surface area contributed by atoms with E-state index in [0.717, 1.165) is 24.3 Å². The predicted octanol–water partition coefficient (Wildman–Crippen LogP) is 1.00. The van der Waals surface area contributed by atoms with E-state index < -0.39 is 57.6 Å². The molecule has 0 unspecified atom stereocenters. The van der Waals surface area contributed by atoms with Gasteiger partial charge in [0.05, 0.1) is 0 Å². The number of carbonyl (C=O) groups is 2. The Morgan fingerprint density at radius 1 is 0.542 bits per heavy atom.